The average Bonchev–Trinajstić information content (AvgIpc) is 2.69. The highest BCUT2D eigenvalue weighted by Crippen LogP contribution is 2.11. The average molecular weight is 204 g/mol. The fourth-order valence-corrected chi connectivity index (χ4v) is 1.10. The Morgan fingerprint density at radius 3 is 2.73 bits per heavy atom. The summed E-state index contributed by atoms with van der Waals surface area (Å²) in [6.45, 7) is 9.51. The van der Waals surface area contributed by atoms with Crippen LogP contribution in [0.25, 0.3) is 0 Å². The number of rotatable bonds is 3. The molecule has 1 aromatic heterocycles. The number of hydrogen-bond acceptors (Lipinski definition) is 3. The SMILES string of the molecule is C=N/C=C(\N=C(/C)n1ccnc1)C(C)C. The summed E-state index contributed by atoms with van der Waals surface area (Å²) >= 11 is 0. The molecule has 1 rings (SSSR count). The summed E-state index contributed by atoms with van der Waals surface area (Å²) in [5, 5.41) is 0. The van der Waals surface area contributed by atoms with E-state index in [4.69, 9.17) is 0 Å². The largest absolute Gasteiger partial charge is 0.294 e. The molecule has 4 nitrogen and oxygen atoms in total. The Kier molecular flexibility index (Phi) is 3.97. The van der Waals surface area contributed by atoms with Crippen LogP contribution in [0.4, 0.5) is 0 Å². The molecule has 4 heteroatoms. The van der Waals surface area contributed by atoms with Crippen LogP contribution in [0.15, 0.2) is 40.6 Å². The third-order valence-electron chi connectivity index (χ3n) is 1.98. The maximum atomic E-state index is 4.48. The van der Waals surface area contributed by atoms with Gasteiger partial charge in [-0.15, -0.1) is 0 Å². The van der Waals surface area contributed by atoms with Gasteiger partial charge in [0, 0.05) is 18.6 Å². The summed E-state index contributed by atoms with van der Waals surface area (Å²) in [6.07, 6.45) is 6.99. The van der Waals surface area contributed by atoms with Crippen LogP contribution in [-0.4, -0.2) is 22.1 Å². The highest BCUT2D eigenvalue weighted by Gasteiger charge is 2.02. The van der Waals surface area contributed by atoms with Crippen LogP contribution in [-0.2, 0) is 0 Å². The lowest BCUT2D eigenvalue weighted by Gasteiger charge is -2.07. The molecule has 0 aliphatic rings. The molecule has 0 spiro atoms. The van der Waals surface area contributed by atoms with Gasteiger partial charge in [-0.1, -0.05) is 13.8 Å². The molecule has 0 amide bonds. The topological polar surface area (TPSA) is 42.5 Å². The number of aliphatic imine (C=N–C) groups is 2. The maximum Gasteiger partial charge on any atom is 0.111 e. The summed E-state index contributed by atoms with van der Waals surface area (Å²) < 4.78 is 1.86. The van der Waals surface area contributed by atoms with Crippen LogP contribution in [0.5, 0.6) is 0 Å². The molecular formula is C11H16N4. The van der Waals surface area contributed by atoms with E-state index in [0.29, 0.717) is 5.92 Å². The lowest BCUT2D eigenvalue weighted by molar-refractivity contribution is 0.752. The second-order valence-corrected chi connectivity index (χ2v) is 3.52. The zero-order valence-corrected chi connectivity index (χ0v) is 9.38. The molecule has 0 atom stereocenters. The first kappa shape index (κ1) is 11.4. The van der Waals surface area contributed by atoms with Crippen molar-refractivity contribution in [2.75, 3.05) is 0 Å². The van der Waals surface area contributed by atoms with Gasteiger partial charge in [0.1, 0.15) is 12.2 Å². The van der Waals surface area contributed by atoms with E-state index >= 15 is 0 Å². The summed E-state index contributed by atoms with van der Waals surface area (Å²) in [5.74, 6) is 1.20. The van der Waals surface area contributed by atoms with Crippen LogP contribution in [0.1, 0.15) is 20.8 Å². The predicted molar refractivity (Wildman–Crippen MR) is 63.2 cm³/mol. The van der Waals surface area contributed by atoms with Crippen molar-refractivity contribution in [3.05, 3.63) is 30.6 Å². The predicted octanol–water partition coefficient (Wildman–Crippen LogP) is 2.35. The first-order valence-corrected chi connectivity index (χ1v) is 4.84. The van der Waals surface area contributed by atoms with Crippen molar-refractivity contribution in [3.8, 4) is 0 Å². The molecule has 0 bridgehead atoms. The maximum absolute atomic E-state index is 4.48. The van der Waals surface area contributed by atoms with Gasteiger partial charge in [-0.3, -0.25) is 9.56 Å². The summed E-state index contributed by atoms with van der Waals surface area (Å²) in [4.78, 5) is 12.2. The number of nitrogens with zero attached hydrogens (tertiary/aromatic N) is 4. The Hall–Kier alpha value is -1.71. The van der Waals surface area contributed by atoms with Gasteiger partial charge in [0.2, 0.25) is 0 Å². The van der Waals surface area contributed by atoms with Gasteiger partial charge in [-0.2, -0.15) is 0 Å². The first-order chi connectivity index (χ1) is 7.15. The van der Waals surface area contributed by atoms with Gasteiger partial charge in [0.05, 0.1) is 5.70 Å². The Balaban J connectivity index is 2.94. The quantitative estimate of drug-likeness (QED) is 0.550. The molecule has 0 unspecified atom stereocenters. The minimum Gasteiger partial charge on any atom is -0.294 e. The van der Waals surface area contributed by atoms with Crippen LogP contribution in [0, 0.1) is 5.92 Å². The molecule has 0 aliphatic carbocycles. The van der Waals surface area contributed by atoms with Gasteiger partial charge in [-0.25, -0.2) is 9.98 Å². The van der Waals surface area contributed by atoms with E-state index in [1.165, 1.54) is 0 Å². The third-order valence-corrected chi connectivity index (χ3v) is 1.98. The number of aromatic nitrogens is 2. The lowest BCUT2D eigenvalue weighted by atomic mass is 10.1. The number of allylic oxidation sites excluding steroid dienone is 1. The van der Waals surface area contributed by atoms with E-state index in [0.717, 1.165) is 11.5 Å². The van der Waals surface area contributed by atoms with Gasteiger partial charge in [-0.05, 0) is 19.6 Å². The van der Waals surface area contributed by atoms with Gasteiger partial charge < -0.3 is 0 Å². The first-order valence-electron chi connectivity index (χ1n) is 4.84. The van der Waals surface area contributed by atoms with Crippen molar-refractivity contribution < 1.29 is 0 Å². The van der Waals surface area contributed by atoms with Gasteiger partial charge >= 0.3 is 0 Å². The number of hydrogen-bond donors (Lipinski definition) is 0. The van der Waals surface area contributed by atoms with Crippen LogP contribution >= 0.6 is 0 Å². The van der Waals surface area contributed by atoms with Crippen molar-refractivity contribution in [2.24, 2.45) is 15.9 Å². The minimum atomic E-state index is 0.328. The molecule has 0 saturated carbocycles. The van der Waals surface area contributed by atoms with Crippen LogP contribution in [0.2, 0.25) is 0 Å². The summed E-state index contributed by atoms with van der Waals surface area (Å²) in [7, 11) is 0. The third kappa shape index (κ3) is 3.16. The molecule has 1 aromatic rings. The molecule has 0 N–H and O–H groups in total. The van der Waals surface area contributed by atoms with Crippen LogP contribution < -0.4 is 0 Å². The second kappa shape index (κ2) is 5.24. The van der Waals surface area contributed by atoms with E-state index in [-0.39, 0.29) is 0 Å². The zero-order valence-electron chi connectivity index (χ0n) is 9.38. The minimum absolute atomic E-state index is 0.328. The van der Waals surface area contributed by atoms with Crippen molar-refractivity contribution in [1.82, 2.24) is 9.55 Å². The molecule has 0 fully saturated rings. The highest BCUT2D eigenvalue weighted by atomic mass is 15.1. The molecular weight excluding hydrogens is 188 g/mol. The Morgan fingerprint density at radius 1 is 1.53 bits per heavy atom. The molecule has 0 saturated heterocycles. The fourth-order valence-electron chi connectivity index (χ4n) is 1.10. The highest BCUT2D eigenvalue weighted by molar-refractivity contribution is 5.82. The van der Waals surface area contributed by atoms with E-state index in [2.05, 4.69) is 35.5 Å². The molecule has 15 heavy (non-hydrogen) atoms. The normalized spacial score (nSPS) is 13.3. The molecule has 0 radical (unpaired) electrons. The summed E-state index contributed by atoms with van der Waals surface area (Å²) in [6, 6.07) is 0. The van der Waals surface area contributed by atoms with Crippen molar-refractivity contribution in [1.29, 1.82) is 0 Å². The van der Waals surface area contributed by atoms with E-state index < -0.39 is 0 Å². The second-order valence-electron chi connectivity index (χ2n) is 3.52. The summed E-state index contributed by atoms with van der Waals surface area (Å²) in [5.41, 5.74) is 0.913. The van der Waals surface area contributed by atoms with Crippen LogP contribution in [0.3, 0.4) is 0 Å². The van der Waals surface area contributed by atoms with Gasteiger partial charge in [0.25, 0.3) is 0 Å². The molecule has 0 aromatic carbocycles. The van der Waals surface area contributed by atoms with E-state index in [9.17, 15) is 0 Å². The van der Waals surface area contributed by atoms with Crippen molar-refractivity contribution >= 4 is 12.6 Å². The van der Waals surface area contributed by atoms with Gasteiger partial charge in [0.15, 0.2) is 0 Å². The standard InChI is InChI=1S/C11H16N4/c1-9(2)11(7-12-4)14-10(3)15-6-5-13-8-15/h5-9H,4H2,1-3H3/b11-7-,14-10+. The molecule has 0 aliphatic heterocycles. The molecule has 1 heterocycles. The van der Waals surface area contributed by atoms with Crippen molar-refractivity contribution in [3.63, 3.8) is 0 Å². The number of imidazole rings is 1. The lowest BCUT2D eigenvalue weighted by Crippen LogP contribution is -2.06. The zero-order chi connectivity index (χ0) is 11.3. The van der Waals surface area contributed by atoms with E-state index in [1.807, 2.05) is 17.7 Å². The Morgan fingerprint density at radius 2 is 2.27 bits per heavy atom. The monoisotopic (exact) mass is 204 g/mol. The Bertz CT molecular complexity index is 371. The molecule has 80 valence electrons. The smallest absolute Gasteiger partial charge is 0.111 e. The van der Waals surface area contributed by atoms with E-state index in [1.54, 1.807) is 18.7 Å². The Labute approximate surface area is 90.1 Å². The fraction of sp³-hybridized carbons (Fsp3) is 0.364. The van der Waals surface area contributed by atoms with Crippen molar-refractivity contribution in [2.45, 2.75) is 20.8 Å².